The van der Waals surface area contributed by atoms with Gasteiger partial charge in [-0.25, -0.2) is 4.98 Å². The van der Waals surface area contributed by atoms with Gasteiger partial charge < -0.3 is 10.6 Å². The molecule has 0 saturated heterocycles. The first-order chi connectivity index (χ1) is 13.8. The summed E-state index contributed by atoms with van der Waals surface area (Å²) in [5.41, 5.74) is 0.462. The molecule has 1 fully saturated rings. The van der Waals surface area contributed by atoms with Crippen LogP contribution >= 0.6 is 15.9 Å². The number of rotatable bonds is 6. The van der Waals surface area contributed by atoms with Crippen molar-refractivity contribution in [3.05, 3.63) is 40.8 Å². The van der Waals surface area contributed by atoms with Crippen LogP contribution in [0.1, 0.15) is 63.0 Å². The summed E-state index contributed by atoms with van der Waals surface area (Å²) in [4.78, 5) is 30.3. The minimum Gasteiger partial charge on any atom is -0.339 e. The lowest BCUT2D eigenvalue weighted by molar-refractivity contribution is -0.119. The molecule has 0 unspecified atom stereocenters. The van der Waals surface area contributed by atoms with Crippen molar-refractivity contribution in [2.45, 2.75) is 58.5 Å². The van der Waals surface area contributed by atoms with Crippen molar-refractivity contribution >= 4 is 33.6 Å². The van der Waals surface area contributed by atoms with Gasteiger partial charge in [0.15, 0.2) is 0 Å². The highest BCUT2D eigenvalue weighted by Crippen LogP contribution is 2.31. The summed E-state index contributed by atoms with van der Waals surface area (Å²) in [6.45, 7) is 6.17. The largest absolute Gasteiger partial charge is 0.339 e. The fraction of sp³-hybridized carbons (Fsp3) is 0.524. The molecule has 2 amide bonds. The van der Waals surface area contributed by atoms with Crippen LogP contribution in [0.3, 0.4) is 0 Å². The Balaban J connectivity index is 1.78. The standard InChI is InChI=1S/C21H28BrN5O2/c1-13(2)27-17(10-11-24-27)20(28)26-19(15-6-4-14(3)5-7-15)21(29)25-18-9-8-16(22)12-23-18/h8-15,19H,4-7H2,1-3H3,(H,26,28)(H,23,25,29)/t14-,15-,19-/m0/s1. The number of amides is 2. The fourth-order valence-corrected chi connectivity index (χ4v) is 4.03. The van der Waals surface area contributed by atoms with Gasteiger partial charge in [-0.2, -0.15) is 5.10 Å². The topological polar surface area (TPSA) is 88.9 Å². The van der Waals surface area contributed by atoms with Crippen molar-refractivity contribution in [3.63, 3.8) is 0 Å². The Bertz CT molecular complexity index is 841. The molecule has 0 bridgehead atoms. The first-order valence-corrected chi connectivity index (χ1v) is 10.9. The third-order valence-electron chi connectivity index (χ3n) is 5.47. The SMILES string of the molecule is CC(C)n1nccc1C(=O)N[C@H](C(=O)Nc1ccc(Br)cn1)[C@H]1CC[C@H](C)CC1. The summed E-state index contributed by atoms with van der Waals surface area (Å²) < 4.78 is 2.51. The Kier molecular flexibility index (Phi) is 7.05. The van der Waals surface area contributed by atoms with Crippen LogP contribution in [-0.2, 0) is 4.79 Å². The quantitative estimate of drug-likeness (QED) is 0.674. The molecule has 2 N–H and O–H groups in total. The van der Waals surface area contributed by atoms with E-state index >= 15 is 0 Å². The molecule has 2 heterocycles. The van der Waals surface area contributed by atoms with Crippen LogP contribution in [0.15, 0.2) is 35.1 Å². The number of anilines is 1. The van der Waals surface area contributed by atoms with Gasteiger partial charge in [-0.15, -0.1) is 0 Å². The first-order valence-electron chi connectivity index (χ1n) is 10.1. The van der Waals surface area contributed by atoms with Crippen molar-refractivity contribution in [2.24, 2.45) is 11.8 Å². The van der Waals surface area contributed by atoms with Crippen molar-refractivity contribution < 1.29 is 9.59 Å². The highest BCUT2D eigenvalue weighted by molar-refractivity contribution is 9.10. The molecule has 2 aromatic heterocycles. The molecule has 1 saturated carbocycles. The van der Waals surface area contributed by atoms with E-state index in [0.717, 1.165) is 30.2 Å². The zero-order valence-corrected chi connectivity index (χ0v) is 18.6. The van der Waals surface area contributed by atoms with Gasteiger partial charge in [-0.1, -0.05) is 19.8 Å². The third-order valence-corrected chi connectivity index (χ3v) is 5.94. The van der Waals surface area contributed by atoms with Crippen LogP contribution in [0, 0.1) is 11.8 Å². The number of hydrogen-bond donors (Lipinski definition) is 2. The molecule has 29 heavy (non-hydrogen) atoms. The van der Waals surface area contributed by atoms with Crippen LogP contribution in [-0.4, -0.2) is 32.6 Å². The number of pyridine rings is 1. The second-order valence-electron chi connectivity index (χ2n) is 8.08. The van der Waals surface area contributed by atoms with Gasteiger partial charge in [0.25, 0.3) is 5.91 Å². The van der Waals surface area contributed by atoms with E-state index in [9.17, 15) is 9.59 Å². The maximum Gasteiger partial charge on any atom is 0.270 e. The van der Waals surface area contributed by atoms with Crippen molar-refractivity contribution in [2.75, 3.05) is 5.32 Å². The average Bonchev–Trinajstić information content (AvgIpc) is 3.19. The monoisotopic (exact) mass is 461 g/mol. The summed E-state index contributed by atoms with van der Waals surface area (Å²) in [5, 5.41) is 10.1. The summed E-state index contributed by atoms with van der Waals surface area (Å²) in [6, 6.07) is 4.68. The Morgan fingerprint density at radius 3 is 2.52 bits per heavy atom. The molecule has 1 aliphatic carbocycles. The zero-order chi connectivity index (χ0) is 21.0. The summed E-state index contributed by atoms with van der Waals surface area (Å²) in [7, 11) is 0. The molecule has 0 radical (unpaired) electrons. The molecule has 1 atom stereocenters. The highest BCUT2D eigenvalue weighted by Gasteiger charge is 2.33. The molecule has 2 aromatic rings. The Morgan fingerprint density at radius 2 is 1.90 bits per heavy atom. The highest BCUT2D eigenvalue weighted by atomic mass is 79.9. The molecule has 0 aliphatic heterocycles. The number of nitrogens with one attached hydrogen (secondary N) is 2. The maximum absolute atomic E-state index is 13.1. The van der Waals surface area contributed by atoms with Crippen LogP contribution in [0.25, 0.3) is 0 Å². The molecular weight excluding hydrogens is 434 g/mol. The third kappa shape index (κ3) is 5.44. The van der Waals surface area contributed by atoms with Crippen LogP contribution in [0.4, 0.5) is 5.82 Å². The van der Waals surface area contributed by atoms with E-state index in [1.165, 1.54) is 0 Å². The molecule has 0 spiro atoms. The number of carbonyl (C=O) groups is 2. The Hall–Kier alpha value is -2.22. The van der Waals surface area contributed by atoms with E-state index < -0.39 is 6.04 Å². The normalized spacial score (nSPS) is 20.3. The predicted molar refractivity (Wildman–Crippen MR) is 116 cm³/mol. The van der Waals surface area contributed by atoms with Crippen LogP contribution < -0.4 is 10.6 Å². The van der Waals surface area contributed by atoms with E-state index in [2.05, 4.69) is 43.6 Å². The maximum atomic E-state index is 13.1. The predicted octanol–water partition coefficient (Wildman–Crippen LogP) is 4.18. The molecule has 1 aliphatic rings. The zero-order valence-electron chi connectivity index (χ0n) is 17.1. The smallest absolute Gasteiger partial charge is 0.270 e. The molecular formula is C21H28BrN5O2. The molecule has 7 nitrogen and oxygen atoms in total. The first kappa shape index (κ1) is 21.5. The fourth-order valence-electron chi connectivity index (χ4n) is 3.79. The minimum absolute atomic E-state index is 0.0560. The van der Waals surface area contributed by atoms with Gasteiger partial charge in [0.2, 0.25) is 5.91 Å². The van der Waals surface area contributed by atoms with Gasteiger partial charge >= 0.3 is 0 Å². The van der Waals surface area contributed by atoms with Crippen LogP contribution in [0.5, 0.6) is 0 Å². The van der Waals surface area contributed by atoms with Gasteiger partial charge in [-0.05, 0) is 72.7 Å². The van der Waals surface area contributed by atoms with Gasteiger partial charge in [0, 0.05) is 22.9 Å². The van der Waals surface area contributed by atoms with E-state index in [1.54, 1.807) is 29.2 Å². The number of aromatic nitrogens is 3. The molecule has 8 heteroatoms. The number of hydrogen-bond acceptors (Lipinski definition) is 4. The Morgan fingerprint density at radius 1 is 1.17 bits per heavy atom. The van der Waals surface area contributed by atoms with Gasteiger partial charge in [0.1, 0.15) is 17.6 Å². The lowest BCUT2D eigenvalue weighted by atomic mass is 9.79. The molecule has 156 valence electrons. The van der Waals surface area contributed by atoms with Crippen molar-refractivity contribution in [1.82, 2.24) is 20.1 Å². The number of nitrogens with zero attached hydrogens (tertiary/aromatic N) is 3. The van der Waals surface area contributed by atoms with E-state index in [-0.39, 0.29) is 23.8 Å². The second-order valence-corrected chi connectivity index (χ2v) is 8.99. The summed E-state index contributed by atoms with van der Waals surface area (Å²) >= 11 is 3.34. The summed E-state index contributed by atoms with van der Waals surface area (Å²) in [5.74, 6) is 0.707. The lowest BCUT2D eigenvalue weighted by Gasteiger charge is -2.32. The van der Waals surface area contributed by atoms with Gasteiger partial charge in [-0.3, -0.25) is 14.3 Å². The van der Waals surface area contributed by atoms with Crippen molar-refractivity contribution in [3.8, 4) is 0 Å². The minimum atomic E-state index is -0.615. The molecule has 0 aromatic carbocycles. The van der Waals surface area contributed by atoms with E-state index in [1.807, 2.05) is 19.9 Å². The second kappa shape index (κ2) is 9.52. The van der Waals surface area contributed by atoms with Gasteiger partial charge in [0.05, 0.1) is 0 Å². The number of halogens is 1. The summed E-state index contributed by atoms with van der Waals surface area (Å²) in [6.07, 6.45) is 7.19. The number of carbonyl (C=O) groups excluding carboxylic acids is 2. The molecule has 3 rings (SSSR count). The van der Waals surface area contributed by atoms with Crippen LogP contribution in [0.2, 0.25) is 0 Å². The van der Waals surface area contributed by atoms with E-state index in [0.29, 0.717) is 17.4 Å². The Labute approximate surface area is 179 Å². The van der Waals surface area contributed by atoms with Crippen molar-refractivity contribution in [1.29, 1.82) is 0 Å². The lowest BCUT2D eigenvalue weighted by Crippen LogP contribution is -2.49. The van der Waals surface area contributed by atoms with E-state index in [4.69, 9.17) is 0 Å². The average molecular weight is 462 g/mol.